The smallest absolute Gasteiger partial charge is 0.271 e. The summed E-state index contributed by atoms with van der Waals surface area (Å²) in [6.45, 7) is 0.794. The molecule has 11 nitrogen and oxygen atoms in total. The minimum absolute atomic E-state index is 0.0370. The van der Waals surface area contributed by atoms with Gasteiger partial charge in [0.1, 0.15) is 17.7 Å². The number of ether oxygens (including phenoxy) is 1. The van der Waals surface area contributed by atoms with E-state index in [0.29, 0.717) is 41.8 Å². The number of methoxy groups -OCH3 is 1. The van der Waals surface area contributed by atoms with E-state index < -0.39 is 0 Å². The molecule has 1 saturated carbocycles. The fourth-order valence-corrected chi connectivity index (χ4v) is 3.38. The lowest BCUT2D eigenvalue weighted by molar-refractivity contribution is 0.0811. The van der Waals surface area contributed by atoms with Crippen molar-refractivity contribution in [1.29, 1.82) is 0 Å². The highest BCUT2D eigenvalue weighted by Gasteiger charge is 2.29. The summed E-state index contributed by atoms with van der Waals surface area (Å²) >= 11 is 0. The van der Waals surface area contributed by atoms with Crippen LogP contribution in [0, 0.1) is 0 Å². The third kappa shape index (κ3) is 5.20. The van der Waals surface area contributed by atoms with Crippen LogP contribution in [0.5, 0.6) is 0 Å². The summed E-state index contributed by atoms with van der Waals surface area (Å²) in [5.74, 6) is 0.166. The van der Waals surface area contributed by atoms with Gasteiger partial charge >= 0.3 is 0 Å². The molecule has 1 fully saturated rings. The average molecular weight is 451 g/mol. The molecule has 0 aromatic carbocycles. The summed E-state index contributed by atoms with van der Waals surface area (Å²) in [6, 6.07) is 0. The molecule has 1 aliphatic rings. The molecular formula is C22H26N8O3. The predicted molar refractivity (Wildman–Crippen MR) is 119 cm³/mol. The van der Waals surface area contributed by atoms with E-state index in [1.807, 2.05) is 0 Å². The van der Waals surface area contributed by atoms with Crippen molar-refractivity contribution < 1.29 is 14.3 Å². The van der Waals surface area contributed by atoms with Crippen LogP contribution in [0.4, 0.5) is 11.5 Å². The number of amides is 1. The highest BCUT2D eigenvalue weighted by molar-refractivity contribution is 6.02. The van der Waals surface area contributed by atoms with Crippen LogP contribution < -0.4 is 5.32 Å². The van der Waals surface area contributed by atoms with Gasteiger partial charge in [0.25, 0.3) is 5.91 Å². The minimum atomic E-state index is -0.261. The number of hydrogen-bond donors (Lipinski definition) is 1. The van der Waals surface area contributed by atoms with Crippen molar-refractivity contribution in [3.63, 3.8) is 0 Å². The van der Waals surface area contributed by atoms with Crippen molar-refractivity contribution in [1.82, 2.24) is 34.6 Å². The number of carbonyl (C=O) groups excluding carboxylic acids is 2. The molecule has 0 atom stereocenters. The molecule has 3 aromatic heterocycles. The Kier molecular flexibility index (Phi) is 6.68. The maximum absolute atomic E-state index is 13.4. The van der Waals surface area contributed by atoms with Gasteiger partial charge in [0, 0.05) is 39.1 Å². The second-order valence-corrected chi connectivity index (χ2v) is 8.05. The predicted octanol–water partition coefficient (Wildman–Crippen LogP) is 1.86. The van der Waals surface area contributed by atoms with E-state index >= 15 is 0 Å². The number of Topliss-reactive ketones (excluding diaryl/α,β-unsaturated/α-hetero) is 1. The van der Waals surface area contributed by atoms with Crippen LogP contribution in [0.3, 0.4) is 0 Å². The fraction of sp³-hybridized carbons (Fsp3) is 0.409. The minimum Gasteiger partial charge on any atom is -0.383 e. The molecule has 1 amide bonds. The number of carbonyl (C=O) groups is 2. The van der Waals surface area contributed by atoms with E-state index in [-0.39, 0.29) is 23.8 Å². The summed E-state index contributed by atoms with van der Waals surface area (Å²) < 4.78 is 6.70. The molecule has 3 heterocycles. The van der Waals surface area contributed by atoms with Gasteiger partial charge in [-0.3, -0.25) is 14.3 Å². The second-order valence-electron chi connectivity index (χ2n) is 8.05. The topological polar surface area (TPSA) is 128 Å². The quantitative estimate of drug-likeness (QED) is 0.460. The lowest BCUT2D eigenvalue weighted by atomic mass is 10.1. The molecule has 3 aromatic rings. The van der Waals surface area contributed by atoms with E-state index in [2.05, 4.69) is 30.4 Å². The Morgan fingerprint density at radius 1 is 1.18 bits per heavy atom. The van der Waals surface area contributed by atoms with Gasteiger partial charge < -0.3 is 15.0 Å². The normalized spacial score (nSPS) is 13.1. The van der Waals surface area contributed by atoms with E-state index in [1.54, 1.807) is 50.7 Å². The Balaban J connectivity index is 1.66. The van der Waals surface area contributed by atoms with Gasteiger partial charge in [0.15, 0.2) is 11.6 Å². The molecule has 0 radical (unpaired) electrons. The molecule has 1 aliphatic carbocycles. The van der Waals surface area contributed by atoms with Crippen LogP contribution in [0.1, 0.15) is 51.0 Å². The van der Waals surface area contributed by atoms with Crippen LogP contribution in [0.25, 0.3) is 0 Å². The Morgan fingerprint density at radius 3 is 2.61 bits per heavy atom. The van der Waals surface area contributed by atoms with Gasteiger partial charge in [-0.2, -0.15) is 5.10 Å². The molecule has 4 rings (SSSR count). The number of nitrogens with zero attached hydrogens (tertiary/aromatic N) is 7. The maximum Gasteiger partial charge on any atom is 0.271 e. The first-order valence-corrected chi connectivity index (χ1v) is 10.7. The fourth-order valence-electron chi connectivity index (χ4n) is 3.38. The van der Waals surface area contributed by atoms with Crippen LogP contribution in [-0.4, -0.2) is 74.1 Å². The lowest BCUT2D eigenvalue weighted by Gasteiger charge is -2.14. The van der Waals surface area contributed by atoms with Gasteiger partial charge in [-0.1, -0.05) is 0 Å². The summed E-state index contributed by atoms with van der Waals surface area (Å²) in [5, 5.41) is 7.40. The molecule has 0 aliphatic heterocycles. The number of hydrogen-bond acceptors (Lipinski definition) is 9. The largest absolute Gasteiger partial charge is 0.383 e. The molecule has 0 bridgehead atoms. The highest BCUT2D eigenvalue weighted by Crippen LogP contribution is 2.39. The summed E-state index contributed by atoms with van der Waals surface area (Å²) in [5.41, 5.74) is 2.51. The van der Waals surface area contributed by atoms with Crippen LogP contribution >= 0.6 is 0 Å². The van der Waals surface area contributed by atoms with E-state index in [4.69, 9.17) is 4.74 Å². The first kappa shape index (κ1) is 22.5. The van der Waals surface area contributed by atoms with Crippen molar-refractivity contribution in [2.45, 2.75) is 31.7 Å². The molecular weight excluding hydrogens is 424 g/mol. The zero-order valence-electron chi connectivity index (χ0n) is 18.9. The zero-order chi connectivity index (χ0) is 23.4. The van der Waals surface area contributed by atoms with Gasteiger partial charge in [0.05, 0.1) is 49.3 Å². The SMILES string of the molecule is COCCn1ncc(CC(=O)c2nc(C3CC3)cnc2Nc2cncnc2)c1C(=O)N(C)C. The van der Waals surface area contributed by atoms with Crippen molar-refractivity contribution in [3.8, 4) is 0 Å². The van der Waals surface area contributed by atoms with E-state index in [9.17, 15) is 9.59 Å². The average Bonchev–Trinajstić information content (AvgIpc) is 3.59. The van der Waals surface area contributed by atoms with Crippen LogP contribution in [0.15, 0.2) is 31.1 Å². The summed E-state index contributed by atoms with van der Waals surface area (Å²) in [7, 11) is 4.91. The van der Waals surface area contributed by atoms with Gasteiger partial charge in [-0.15, -0.1) is 0 Å². The Morgan fingerprint density at radius 2 is 1.94 bits per heavy atom. The molecule has 11 heteroatoms. The molecule has 0 saturated heterocycles. The van der Waals surface area contributed by atoms with Crippen molar-refractivity contribution >= 4 is 23.2 Å². The maximum atomic E-state index is 13.4. The first-order chi connectivity index (χ1) is 16.0. The lowest BCUT2D eigenvalue weighted by Crippen LogP contribution is -2.27. The number of ketones is 1. The van der Waals surface area contributed by atoms with Crippen LogP contribution in [-0.2, 0) is 17.7 Å². The third-order valence-corrected chi connectivity index (χ3v) is 5.26. The van der Waals surface area contributed by atoms with Gasteiger partial charge in [0.2, 0.25) is 0 Å². The molecule has 33 heavy (non-hydrogen) atoms. The molecule has 0 unspecified atom stereocenters. The van der Waals surface area contributed by atoms with E-state index in [1.165, 1.54) is 11.2 Å². The Bertz CT molecular complexity index is 1140. The van der Waals surface area contributed by atoms with Crippen molar-refractivity contribution in [2.24, 2.45) is 0 Å². The molecule has 172 valence electrons. The van der Waals surface area contributed by atoms with Gasteiger partial charge in [-0.05, 0) is 12.8 Å². The molecule has 1 N–H and O–H groups in total. The third-order valence-electron chi connectivity index (χ3n) is 5.26. The summed E-state index contributed by atoms with van der Waals surface area (Å²) in [4.78, 5) is 44.8. The Hall–Kier alpha value is -3.73. The number of rotatable bonds is 10. The number of nitrogens with one attached hydrogen (secondary N) is 1. The summed E-state index contributed by atoms with van der Waals surface area (Å²) in [6.07, 6.45) is 9.89. The number of aromatic nitrogens is 6. The first-order valence-electron chi connectivity index (χ1n) is 10.7. The Labute approximate surface area is 191 Å². The monoisotopic (exact) mass is 450 g/mol. The highest BCUT2D eigenvalue weighted by atomic mass is 16.5. The van der Waals surface area contributed by atoms with Crippen LogP contribution in [0.2, 0.25) is 0 Å². The van der Waals surface area contributed by atoms with Gasteiger partial charge in [-0.25, -0.2) is 19.9 Å². The van der Waals surface area contributed by atoms with E-state index in [0.717, 1.165) is 18.5 Å². The second kappa shape index (κ2) is 9.82. The zero-order valence-corrected chi connectivity index (χ0v) is 18.9. The number of anilines is 2. The van der Waals surface area contributed by atoms with Crippen molar-refractivity contribution in [3.05, 3.63) is 53.8 Å². The standard InChI is InChI=1S/C22H26N8O3/c1-29(2)22(32)20-15(9-26-30(20)6-7-33-3)8-18(31)19-21(27-16-10-23-13-24-11-16)25-12-17(28-19)14-4-5-14/h9-14H,4-8H2,1-3H3,(H,25,27). The van der Waals surface area contributed by atoms with Crippen molar-refractivity contribution in [2.75, 3.05) is 33.1 Å². The molecule has 0 spiro atoms.